The van der Waals surface area contributed by atoms with Crippen LogP contribution >= 0.6 is 11.3 Å². The van der Waals surface area contributed by atoms with Crippen molar-refractivity contribution < 1.29 is 18.7 Å². The van der Waals surface area contributed by atoms with E-state index < -0.39 is 11.4 Å². The molecule has 2 amide bonds. The number of aromatic nitrogens is 1. The van der Waals surface area contributed by atoms with Crippen molar-refractivity contribution >= 4 is 40.3 Å². The summed E-state index contributed by atoms with van der Waals surface area (Å²) < 4.78 is 20.8. The number of amides is 2. The summed E-state index contributed by atoms with van der Waals surface area (Å²) in [7, 11) is 0. The second kappa shape index (κ2) is 11.7. The normalized spacial score (nSPS) is 15.0. The van der Waals surface area contributed by atoms with Gasteiger partial charge in [0.25, 0.3) is 11.8 Å². The Kier molecular flexibility index (Phi) is 7.56. The van der Waals surface area contributed by atoms with Crippen LogP contribution < -0.4 is 19.9 Å². The molecule has 0 aliphatic carbocycles. The molecule has 0 radical (unpaired) electrons. The number of nitrogens with one attached hydrogen (secondary N) is 1. The lowest BCUT2D eigenvalue weighted by molar-refractivity contribution is 0.0981. The lowest BCUT2D eigenvalue weighted by Crippen LogP contribution is -2.41. The molecule has 7 rings (SSSR count). The third-order valence-corrected chi connectivity index (χ3v) is 9.56. The van der Waals surface area contributed by atoms with E-state index in [9.17, 15) is 14.0 Å². The number of hydrogen-bond donors (Lipinski definition) is 1. The highest BCUT2D eigenvalue weighted by Crippen LogP contribution is 2.42. The standard InChI is InChI=1S/C37H33FN4O3S/c1-23-10-8-13-27(38)33(23)40-35(43)31-20-24-18-19-42(29-15-6-5-12-26(29)34(24)46-31)36(44)28-14-9-17-32(39-28)41-21-25-11-4-7-16-30(25)45-37(2,3)22-41/h4-17,20H,18-19,21-22H2,1-3H3,(H,40,43). The summed E-state index contributed by atoms with van der Waals surface area (Å²) in [6.45, 7) is 7.50. The highest BCUT2D eigenvalue weighted by atomic mass is 32.1. The number of pyridine rings is 1. The highest BCUT2D eigenvalue weighted by Gasteiger charge is 2.32. The average Bonchev–Trinajstić information content (AvgIpc) is 3.33. The maximum absolute atomic E-state index is 14.4. The molecule has 1 N–H and O–H groups in total. The van der Waals surface area contributed by atoms with Gasteiger partial charge < -0.3 is 19.9 Å². The first-order valence-corrected chi connectivity index (χ1v) is 16.1. The molecule has 4 heterocycles. The number of carbonyl (C=O) groups is 2. The minimum absolute atomic E-state index is 0.184. The topological polar surface area (TPSA) is 74.8 Å². The lowest BCUT2D eigenvalue weighted by Gasteiger charge is -2.30. The third kappa shape index (κ3) is 5.63. The Morgan fingerprint density at radius 3 is 2.59 bits per heavy atom. The fraction of sp³-hybridized carbons (Fsp3) is 0.216. The fourth-order valence-electron chi connectivity index (χ4n) is 6.19. The molecule has 2 aliphatic rings. The fourth-order valence-corrected chi connectivity index (χ4v) is 7.33. The van der Waals surface area contributed by atoms with E-state index in [-0.39, 0.29) is 17.5 Å². The molecule has 0 fully saturated rings. The van der Waals surface area contributed by atoms with Crippen LogP contribution in [0.2, 0.25) is 0 Å². The quantitative estimate of drug-likeness (QED) is 0.218. The van der Waals surface area contributed by atoms with Gasteiger partial charge in [0.2, 0.25) is 0 Å². The van der Waals surface area contributed by atoms with Crippen molar-refractivity contribution in [2.24, 2.45) is 0 Å². The number of carbonyl (C=O) groups excluding carboxylic acids is 2. The average molecular weight is 633 g/mol. The van der Waals surface area contributed by atoms with Gasteiger partial charge in [0, 0.05) is 29.1 Å². The van der Waals surface area contributed by atoms with Crippen LogP contribution in [-0.2, 0) is 13.0 Å². The highest BCUT2D eigenvalue weighted by molar-refractivity contribution is 7.17. The predicted molar refractivity (Wildman–Crippen MR) is 181 cm³/mol. The van der Waals surface area contributed by atoms with Crippen LogP contribution in [-0.4, -0.2) is 35.5 Å². The summed E-state index contributed by atoms with van der Waals surface area (Å²) in [5, 5.41) is 2.75. The first-order valence-electron chi connectivity index (χ1n) is 15.3. The molecule has 2 aromatic heterocycles. The maximum Gasteiger partial charge on any atom is 0.276 e. The van der Waals surface area contributed by atoms with Gasteiger partial charge in [0.1, 0.15) is 28.7 Å². The van der Waals surface area contributed by atoms with E-state index in [1.807, 2.05) is 60.7 Å². The molecule has 2 aliphatic heterocycles. The van der Waals surface area contributed by atoms with E-state index in [4.69, 9.17) is 9.72 Å². The van der Waals surface area contributed by atoms with Crippen LogP contribution in [0.15, 0.2) is 91.0 Å². The lowest BCUT2D eigenvalue weighted by atomic mass is 10.1. The van der Waals surface area contributed by atoms with E-state index in [2.05, 4.69) is 30.1 Å². The number of fused-ring (bicyclic) bond motifs is 4. The molecule has 46 heavy (non-hydrogen) atoms. The van der Waals surface area contributed by atoms with Gasteiger partial charge in [0.05, 0.1) is 22.8 Å². The van der Waals surface area contributed by atoms with Gasteiger partial charge in [-0.15, -0.1) is 11.3 Å². The first kappa shape index (κ1) is 29.7. The Hall–Kier alpha value is -5.02. The number of anilines is 3. The molecule has 0 unspecified atom stereocenters. The summed E-state index contributed by atoms with van der Waals surface area (Å²) in [6, 6.07) is 27.9. The van der Waals surface area contributed by atoms with Crippen molar-refractivity contribution in [3.8, 4) is 16.2 Å². The van der Waals surface area contributed by atoms with Crippen LogP contribution in [0.4, 0.5) is 21.6 Å². The number of halogens is 1. The zero-order valence-corrected chi connectivity index (χ0v) is 26.7. The zero-order chi connectivity index (χ0) is 32.0. The van der Waals surface area contributed by atoms with Crippen LogP contribution in [0.5, 0.6) is 5.75 Å². The molecule has 0 spiro atoms. The Morgan fingerprint density at radius 2 is 1.74 bits per heavy atom. The summed E-state index contributed by atoms with van der Waals surface area (Å²) in [5.41, 5.74) is 4.40. The molecular formula is C37H33FN4O3S. The minimum Gasteiger partial charge on any atom is -0.486 e. The van der Waals surface area contributed by atoms with Gasteiger partial charge in [-0.1, -0.05) is 54.6 Å². The first-order chi connectivity index (χ1) is 22.2. The van der Waals surface area contributed by atoms with E-state index >= 15 is 0 Å². The number of benzene rings is 3. The van der Waals surface area contributed by atoms with Gasteiger partial charge in [-0.05, 0) is 74.7 Å². The number of ether oxygens (including phenoxy) is 1. The van der Waals surface area contributed by atoms with Gasteiger partial charge in [-0.25, -0.2) is 9.37 Å². The number of hydrogen-bond acceptors (Lipinski definition) is 6. The number of thiophene rings is 1. The summed E-state index contributed by atoms with van der Waals surface area (Å²) in [6.07, 6.45) is 0.548. The number of aryl methyl sites for hydroxylation is 1. The molecule has 0 saturated heterocycles. The molecule has 5 aromatic rings. The van der Waals surface area contributed by atoms with Gasteiger partial charge in [-0.3, -0.25) is 9.59 Å². The predicted octanol–water partition coefficient (Wildman–Crippen LogP) is 7.89. The molecule has 9 heteroatoms. The van der Waals surface area contributed by atoms with E-state index in [0.29, 0.717) is 48.0 Å². The van der Waals surface area contributed by atoms with Crippen molar-refractivity contribution in [2.45, 2.75) is 39.3 Å². The van der Waals surface area contributed by atoms with Crippen LogP contribution in [0.3, 0.4) is 0 Å². The number of rotatable bonds is 4. The number of para-hydroxylation sites is 3. The Balaban J connectivity index is 1.17. The molecule has 0 saturated carbocycles. The second-order valence-corrected chi connectivity index (χ2v) is 13.3. The molecular weight excluding hydrogens is 599 g/mol. The smallest absolute Gasteiger partial charge is 0.276 e. The number of nitrogens with zero attached hydrogens (tertiary/aromatic N) is 3. The Bertz CT molecular complexity index is 1970. The maximum atomic E-state index is 14.4. The van der Waals surface area contributed by atoms with E-state index in [1.54, 1.807) is 30.0 Å². The van der Waals surface area contributed by atoms with Crippen molar-refractivity contribution in [3.05, 3.63) is 124 Å². The molecule has 232 valence electrons. The molecule has 0 atom stereocenters. The van der Waals surface area contributed by atoms with Crippen molar-refractivity contribution in [1.82, 2.24) is 4.98 Å². The minimum atomic E-state index is -0.471. The SMILES string of the molecule is Cc1cccc(F)c1NC(=O)c1cc2c(s1)-c1ccccc1N(C(=O)c1cccc(N3Cc4ccccc4OC(C)(C)C3)n1)CC2. The summed E-state index contributed by atoms with van der Waals surface area (Å²) in [4.78, 5) is 37.6. The summed E-state index contributed by atoms with van der Waals surface area (Å²) >= 11 is 1.35. The van der Waals surface area contributed by atoms with E-state index in [1.165, 1.54) is 17.4 Å². The molecule has 3 aromatic carbocycles. The monoisotopic (exact) mass is 632 g/mol. The van der Waals surface area contributed by atoms with Crippen molar-refractivity contribution in [1.29, 1.82) is 0 Å². The van der Waals surface area contributed by atoms with Gasteiger partial charge >= 0.3 is 0 Å². The van der Waals surface area contributed by atoms with E-state index in [0.717, 1.165) is 33.0 Å². The van der Waals surface area contributed by atoms with Crippen molar-refractivity contribution in [2.75, 3.05) is 28.2 Å². The second-order valence-electron chi connectivity index (χ2n) is 12.3. The third-order valence-electron chi connectivity index (χ3n) is 8.35. The molecule has 0 bridgehead atoms. The molecule has 7 nitrogen and oxygen atoms in total. The zero-order valence-electron chi connectivity index (χ0n) is 25.8. The van der Waals surface area contributed by atoms with Gasteiger partial charge in [0.15, 0.2) is 0 Å². The van der Waals surface area contributed by atoms with Crippen LogP contribution in [0.25, 0.3) is 10.4 Å². The Labute approximate surface area is 271 Å². The van der Waals surface area contributed by atoms with Crippen LogP contribution in [0, 0.1) is 12.7 Å². The Morgan fingerprint density at radius 1 is 0.957 bits per heavy atom. The summed E-state index contributed by atoms with van der Waals surface area (Å²) in [5.74, 6) is 0.549. The van der Waals surface area contributed by atoms with Crippen LogP contribution in [0.1, 0.15) is 50.7 Å². The van der Waals surface area contributed by atoms with Gasteiger partial charge in [-0.2, -0.15) is 0 Å². The van der Waals surface area contributed by atoms with Crippen molar-refractivity contribution in [3.63, 3.8) is 0 Å². The largest absolute Gasteiger partial charge is 0.486 e.